The lowest BCUT2D eigenvalue weighted by molar-refractivity contribution is 0.482. The van der Waals surface area contributed by atoms with E-state index < -0.39 is 0 Å². The quantitative estimate of drug-likeness (QED) is 0.868. The van der Waals surface area contributed by atoms with E-state index in [1.807, 2.05) is 30.6 Å². The lowest BCUT2D eigenvalue weighted by Gasteiger charge is -2.19. The van der Waals surface area contributed by atoms with Crippen molar-refractivity contribution < 1.29 is 0 Å². The van der Waals surface area contributed by atoms with Crippen LogP contribution in [-0.4, -0.2) is 23.6 Å². The average molecular weight is 263 g/mol. The summed E-state index contributed by atoms with van der Waals surface area (Å²) in [7, 11) is 2.01. The summed E-state index contributed by atoms with van der Waals surface area (Å²) in [4.78, 5) is 9.33. The highest BCUT2D eigenvalue weighted by Gasteiger charge is 2.21. The number of nitrogens with one attached hydrogen (secondary N) is 2. The van der Waals surface area contributed by atoms with Crippen molar-refractivity contribution in [1.29, 1.82) is 0 Å². The van der Waals surface area contributed by atoms with Gasteiger partial charge in [-0.25, -0.2) is 4.98 Å². The van der Waals surface area contributed by atoms with E-state index in [1.54, 1.807) is 0 Å². The molecule has 98 valence electrons. The maximum absolute atomic E-state index is 4.70. The Bertz CT molecular complexity index is 485. The second-order valence-electron chi connectivity index (χ2n) is 4.96. The highest BCUT2D eigenvalue weighted by Crippen LogP contribution is 2.35. The molecule has 0 fully saturated rings. The van der Waals surface area contributed by atoms with Gasteiger partial charge >= 0.3 is 0 Å². The molecule has 0 aromatic carbocycles. The third kappa shape index (κ3) is 2.65. The topological polar surface area (TPSA) is 40.7 Å². The normalized spacial score (nSPS) is 13.2. The Hall–Kier alpha value is -1.13. The van der Waals surface area contributed by atoms with Crippen LogP contribution in [0.3, 0.4) is 0 Å². The molecule has 0 saturated carbocycles. The number of aromatic nitrogens is 2. The molecular formula is C14H21N3S. The average Bonchev–Trinajstić information content (AvgIpc) is 2.94. The number of hydrogen-bond acceptors (Lipinski definition) is 3. The second-order valence-corrected chi connectivity index (χ2v) is 5.99. The smallest absolute Gasteiger partial charge is 0.140 e. The molecule has 0 aliphatic rings. The summed E-state index contributed by atoms with van der Waals surface area (Å²) in [6.07, 6.45) is 1.94. The standard InChI is InChI=1S/C14H21N3S/c1-9(2)11(8-15-4)13-10(3)17-14(18-13)12-6-5-7-16-12/h5-7,9,11,15-16H,8H2,1-4H3. The number of rotatable bonds is 5. The molecule has 0 saturated heterocycles. The van der Waals surface area contributed by atoms with Gasteiger partial charge in [-0.05, 0) is 32.0 Å². The van der Waals surface area contributed by atoms with Crippen LogP contribution in [0, 0.1) is 12.8 Å². The van der Waals surface area contributed by atoms with E-state index in [0.717, 1.165) is 17.2 Å². The SMILES string of the molecule is CNCC(c1sc(-c2ccc[nH]2)nc1C)C(C)C. The van der Waals surface area contributed by atoms with E-state index in [4.69, 9.17) is 4.98 Å². The van der Waals surface area contributed by atoms with Gasteiger partial charge in [0.15, 0.2) is 0 Å². The van der Waals surface area contributed by atoms with Crippen molar-refractivity contribution in [3.8, 4) is 10.7 Å². The largest absolute Gasteiger partial charge is 0.359 e. The highest BCUT2D eigenvalue weighted by molar-refractivity contribution is 7.15. The van der Waals surface area contributed by atoms with Gasteiger partial charge in [-0.2, -0.15) is 0 Å². The number of thiazole rings is 1. The van der Waals surface area contributed by atoms with Gasteiger partial charge in [0.1, 0.15) is 5.01 Å². The molecular weight excluding hydrogens is 242 g/mol. The van der Waals surface area contributed by atoms with Crippen LogP contribution in [-0.2, 0) is 0 Å². The zero-order valence-corrected chi connectivity index (χ0v) is 12.3. The molecule has 3 nitrogen and oxygen atoms in total. The van der Waals surface area contributed by atoms with Crippen molar-refractivity contribution in [3.63, 3.8) is 0 Å². The van der Waals surface area contributed by atoms with Gasteiger partial charge in [-0.15, -0.1) is 11.3 Å². The van der Waals surface area contributed by atoms with Gasteiger partial charge in [0, 0.05) is 23.5 Å². The molecule has 2 heterocycles. The third-order valence-corrected chi connectivity index (χ3v) is 4.55. The van der Waals surface area contributed by atoms with Crippen LogP contribution >= 0.6 is 11.3 Å². The van der Waals surface area contributed by atoms with Gasteiger partial charge in [-0.1, -0.05) is 13.8 Å². The van der Waals surface area contributed by atoms with Crippen molar-refractivity contribution in [2.24, 2.45) is 5.92 Å². The fraction of sp³-hybridized carbons (Fsp3) is 0.500. The molecule has 2 aromatic rings. The van der Waals surface area contributed by atoms with Crippen LogP contribution in [0.2, 0.25) is 0 Å². The minimum Gasteiger partial charge on any atom is -0.359 e. The number of H-pyrrole nitrogens is 1. The van der Waals surface area contributed by atoms with E-state index in [2.05, 4.69) is 37.1 Å². The Morgan fingerprint density at radius 2 is 2.22 bits per heavy atom. The Labute approximate surface area is 113 Å². The zero-order chi connectivity index (χ0) is 13.1. The molecule has 0 aliphatic carbocycles. The summed E-state index contributed by atoms with van der Waals surface area (Å²) in [5.41, 5.74) is 2.28. The Morgan fingerprint density at radius 3 is 2.78 bits per heavy atom. The predicted octanol–water partition coefficient (Wildman–Crippen LogP) is 3.41. The monoisotopic (exact) mass is 263 g/mol. The summed E-state index contributed by atoms with van der Waals surface area (Å²) in [5.74, 6) is 1.16. The fourth-order valence-corrected chi connectivity index (χ4v) is 3.51. The first-order chi connectivity index (χ1) is 8.63. The first kappa shape index (κ1) is 13.3. The summed E-state index contributed by atoms with van der Waals surface area (Å²) < 4.78 is 0. The van der Waals surface area contributed by atoms with Crippen molar-refractivity contribution in [2.75, 3.05) is 13.6 Å². The Morgan fingerprint density at radius 1 is 1.44 bits per heavy atom. The van der Waals surface area contributed by atoms with E-state index in [-0.39, 0.29) is 0 Å². The first-order valence-corrected chi connectivity index (χ1v) is 7.20. The molecule has 2 N–H and O–H groups in total. The first-order valence-electron chi connectivity index (χ1n) is 6.39. The molecule has 2 aromatic heterocycles. The molecule has 2 rings (SSSR count). The molecule has 0 aliphatic heterocycles. The summed E-state index contributed by atoms with van der Waals surface area (Å²) in [6, 6.07) is 4.09. The van der Waals surface area contributed by atoms with Crippen LogP contribution in [0.5, 0.6) is 0 Å². The van der Waals surface area contributed by atoms with E-state index in [9.17, 15) is 0 Å². The van der Waals surface area contributed by atoms with Crippen LogP contribution in [0.1, 0.15) is 30.3 Å². The molecule has 0 amide bonds. The van der Waals surface area contributed by atoms with E-state index in [0.29, 0.717) is 11.8 Å². The number of nitrogens with zero attached hydrogens (tertiary/aromatic N) is 1. The summed E-state index contributed by atoms with van der Waals surface area (Å²) in [5, 5.41) is 4.38. The van der Waals surface area contributed by atoms with E-state index in [1.165, 1.54) is 10.6 Å². The Kier molecular flexibility index (Phi) is 4.19. The summed E-state index contributed by atoms with van der Waals surface area (Å²) >= 11 is 1.81. The van der Waals surface area contributed by atoms with E-state index >= 15 is 0 Å². The molecule has 0 bridgehead atoms. The molecule has 18 heavy (non-hydrogen) atoms. The van der Waals surface area contributed by atoms with Gasteiger partial charge in [0.2, 0.25) is 0 Å². The lowest BCUT2D eigenvalue weighted by Crippen LogP contribution is -2.21. The van der Waals surface area contributed by atoms with Crippen LogP contribution in [0.4, 0.5) is 0 Å². The number of hydrogen-bond donors (Lipinski definition) is 2. The summed E-state index contributed by atoms with van der Waals surface area (Å²) in [6.45, 7) is 7.67. The van der Waals surface area contributed by atoms with Gasteiger partial charge in [-0.3, -0.25) is 0 Å². The van der Waals surface area contributed by atoms with Crippen molar-refractivity contribution in [2.45, 2.75) is 26.7 Å². The van der Waals surface area contributed by atoms with Crippen molar-refractivity contribution in [3.05, 3.63) is 28.9 Å². The maximum Gasteiger partial charge on any atom is 0.140 e. The van der Waals surface area contributed by atoms with Crippen LogP contribution in [0.15, 0.2) is 18.3 Å². The minimum atomic E-state index is 0.538. The second kappa shape index (κ2) is 5.67. The molecule has 0 radical (unpaired) electrons. The molecule has 0 spiro atoms. The molecule has 1 unspecified atom stereocenters. The number of aryl methyl sites for hydroxylation is 1. The van der Waals surface area contributed by atoms with Gasteiger partial charge in [0.25, 0.3) is 0 Å². The van der Waals surface area contributed by atoms with Gasteiger partial charge in [0.05, 0.1) is 11.4 Å². The molecule has 1 atom stereocenters. The molecule has 4 heteroatoms. The lowest BCUT2D eigenvalue weighted by atomic mass is 9.93. The van der Waals surface area contributed by atoms with Crippen molar-refractivity contribution in [1.82, 2.24) is 15.3 Å². The highest BCUT2D eigenvalue weighted by atomic mass is 32.1. The van der Waals surface area contributed by atoms with Gasteiger partial charge < -0.3 is 10.3 Å². The number of likely N-dealkylation sites (N-methyl/N-ethyl adjacent to an activating group) is 1. The maximum atomic E-state index is 4.70. The van der Waals surface area contributed by atoms with Crippen molar-refractivity contribution >= 4 is 11.3 Å². The Balaban J connectivity index is 2.33. The predicted molar refractivity (Wildman–Crippen MR) is 78.1 cm³/mol. The van der Waals surface area contributed by atoms with Crippen LogP contribution < -0.4 is 5.32 Å². The van der Waals surface area contributed by atoms with Crippen LogP contribution in [0.25, 0.3) is 10.7 Å². The minimum absolute atomic E-state index is 0.538. The zero-order valence-electron chi connectivity index (χ0n) is 11.4. The fourth-order valence-electron chi connectivity index (χ4n) is 2.18. The number of aromatic amines is 1. The third-order valence-electron chi connectivity index (χ3n) is 3.23.